The van der Waals surface area contributed by atoms with Gasteiger partial charge in [0.15, 0.2) is 0 Å². The standard InChI is InChI=1S/C12H15N/c1-3-8-13-9-11-6-4-5-7-12(11)10(13)2/h4-7H,2-3,8-9H2,1H3. The summed E-state index contributed by atoms with van der Waals surface area (Å²) < 4.78 is 0. The normalized spacial score (nSPS) is 14.8. The van der Waals surface area contributed by atoms with Gasteiger partial charge in [0.1, 0.15) is 0 Å². The summed E-state index contributed by atoms with van der Waals surface area (Å²) in [7, 11) is 0. The predicted molar refractivity (Wildman–Crippen MR) is 56.2 cm³/mol. The first-order valence-corrected chi connectivity index (χ1v) is 4.85. The van der Waals surface area contributed by atoms with E-state index < -0.39 is 0 Å². The molecule has 0 bridgehead atoms. The fourth-order valence-corrected chi connectivity index (χ4v) is 1.90. The Morgan fingerprint density at radius 3 is 2.85 bits per heavy atom. The molecule has 0 radical (unpaired) electrons. The van der Waals surface area contributed by atoms with Crippen molar-refractivity contribution < 1.29 is 0 Å². The minimum Gasteiger partial charge on any atom is -0.367 e. The Labute approximate surface area is 79.7 Å². The lowest BCUT2D eigenvalue weighted by Gasteiger charge is -2.17. The van der Waals surface area contributed by atoms with Crippen molar-refractivity contribution in [1.82, 2.24) is 4.90 Å². The van der Waals surface area contributed by atoms with E-state index >= 15 is 0 Å². The largest absolute Gasteiger partial charge is 0.367 e. The molecule has 1 nitrogen and oxygen atoms in total. The second kappa shape index (κ2) is 3.25. The van der Waals surface area contributed by atoms with Crippen LogP contribution in [-0.2, 0) is 6.54 Å². The van der Waals surface area contributed by atoms with Gasteiger partial charge in [-0.25, -0.2) is 0 Å². The van der Waals surface area contributed by atoms with Crippen LogP contribution >= 0.6 is 0 Å². The molecule has 0 atom stereocenters. The highest BCUT2D eigenvalue weighted by Crippen LogP contribution is 2.30. The van der Waals surface area contributed by atoms with Gasteiger partial charge in [0.05, 0.1) is 0 Å². The monoisotopic (exact) mass is 173 g/mol. The van der Waals surface area contributed by atoms with Crippen molar-refractivity contribution in [2.75, 3.05) is 6.54 Å². The van der Waals surface area contributed by atoms with Gasteiger partial charge in [0, 0.05) is 24.4 Å². The molecule has 1 heterocycles. The maximum Gasteiger partial charge on any atom is 0.0436 e. The molecule has 1 aromatic carbocycles. The number of fused-ring (bicyclic) bond motifs is 1. The quantitative estimate of drug-likeness (QED) is 0.664. The molecule has 0 saturated heterocycles. The summed E-state index contributed by atoms with van der Waals surface area (Å²) in [6, 6.07) is 8.53. The van der Waals surface area contributed by atoms with Gasteiger partial charge in [0.2, 0.25) is 0 Å². The second-order valence-electron chi connectivity index (χ2n) is 3.53. The molecule has 0 aromatic heterocycles. The van der Waals surface area contributed by atoms with E-state index in [0.717, 1.165) is 13.1 Å². The molecule has 0 spiro atoms. The Balaban J connectivity index is 2.28. The van der Waals surface area contributed by atoms with Gasteiger partial charge < -0.3 is 4.90 Å². The molecule has 13 heavy (non-hydrogen) atoms. The number of benzene rings is 1. The van der Waals surface area contributed by atoms with Gasteiger partial charge in [-0.3, -0.25) is 0 Å². The van der Waals surface area contributed by atoms with Gasteiger partial charge in [0.25, 0.3) is 0 Å². The maximum absolute atomic E-state index is 4.12. The van der Waals surface area contributed by atoms with Crippen molar-refractivity contribution in [1.29, 1.82) is 0 Å². The van der Waals surface area contributed by atoms with E-state index in [4.69, 9.17) is 0 Å². The van der Waals surface area contributed by atoms with Crippen LogP contribution in [0.5, 0.6) is 0 Å². The first-order chi connectivity index (χ1) is 6.33. The zero-order valence-electron chi connectivity index (χ0n) is 8.09. The summed E-state index contributed by atoms with van der Waals surface area (Å²) in [5.74, 6) is 0. The Bertz CT molecular complexity index is 328. The summed E-state index contributed by atoms with van der Waals surface area (Å²) in [5.41, 5.74) is 3.94. The highest BCUT2D eigenvalue weighted by Gasteiger charge is 2.19. The molecule has 68 valence electrons. The Morgan fingerprint density at radius 1 is 1.38 bits per heavy atom. The lowest BCUT2D eigenvalue weighted by Crippen LogP contribution is -2.15. The predicted octanol–water partition coefficient (Wildman–Crippen LogP) is 2.88. The van der Waals surface area contributed by atoms with Crippen molar-refractivity contribution >= 4 is 5.70 Å². The molecule has 2 rings (SSSR count). The third-order valence-electron chi connectivity index (χ3n) is 2.56. The third kappa shape index (κ3) is 1.35. The average molecular weight is 173 g/mol. The molecule has 1 aromatic rings. The van der Waals surface area contributed by atoms with E-state index in [1.807, 2.05) is 0 Å². The van der Waals surface area contributed by atoms with Crippen LogP contribution in [0.15, 0.2) is 30.8 Å². The Kier molecular flexibility index (Phi) is 2.09. The summed E-state index contributed by atoms with van der Waals surface area (Å²) in [6.07, 6.45) is 1.19. The van der Waals surface area contributed by atoms with E-state index in [9.17, 15) is 0 Å². The average Bonchev–Trinajstić information content (AvgIpc) is 2.46. The summed E-state index contributed by atoms with van der Waals surface area (Å²) in [6.45, 7) is 8.49. The van der Waals surface area contributed by atoms with E-state index in [-0.39, 0.29) is 0 Å². The summed E-state index contributed by atoms with van der Waals surface area (Å²) in [4.78, 5) is 2.35. The zero-order chi connectivity index (χ0) is 9.26. The molecule has 0 amide bonds. The van der Waals surface area contributed by atoms with Crippen molar-refractivity contribution in [3.05, 3.63) is 42.0 Å². The topological polar surface area (TPSA) is 3.24 Å². The fourth-order valence-electron chi connectivity index (χ4n) is 1.90. The maximum atomic E-state index is 4.12. The molecule has 0 aliphatic carbocycles. The molecule has 0 fully saturated rings. The van der Waals surface area contributed by atoms with Crippen LogP contribution in [0.4, 0.5) is 0 Å². The van der Waals surface area contributed by atoms with Crippen LogP contribution in [0.1, 0.15) is 24.5 Å². The lowest BCUT2D eigenvalue weighted by atomic mass is 10.1. The van der Waals surface area contributed by atoms with Crippen LogP contribution in [0.3, 0.4) is 0 Å². The molecule has 0 saturated carbocycles. The van der Waals surface area contributed by atoms with Crippen molar-refractivity contribution in [2.45, 2.75) is 19.9 Å². The van der Waals surface area contributed by atoms with Gasteiger partial charge in [-0.1, -0.05) is 37.8 Å². The Morgan fingerprint density at radius 2 is 2.15 bits per heavy atom. The molecular formula is C12H15N. The highest BCUT2D eigenvalue weighted by atomic mass is 15.1. The SMILES string of the molecule is C=C1c2ccccc2CN1CCC. The van der Waals surface area contributed by atoms with Crippen LogP contribution in [0.2, 0.25) is 0 Å². The second-order valence-corrected chi connectivity index (χ2v) is 3.53. The number of hydrogen-bond donors (Lipinski definition) is 0. The Hall–Kier alpha value is -1.24. The zero-order valence-corrected chi connectivity index (χ0v) is 8.09. The van der Waals surface area contributed by atoms with Gasteiger partial charge in [-0.2, -0.15) is 0 Å². The van der Waals surface area contributed by atoms with Crippen LogP contribution in [0, 0.1) is 0 Å². The van der Waals surface area contributed by atoms with Crippen molar-refractivity contribution in [2.24, 2.45) is 0 Å². The van der Waals surface area contributed by atoms with Crippen LogP contribution < -0.4 is 0 Å². The highest BCUT2D eigenvalue weighted by molar-refractivity contribution is 5.68. The molecule has 1 heteroatoms. The van der Waals surface area contributed by atoms with Crippen molar-refractivity contribution in [3.63, 3.8) is 0 Å². The number of nitrogens with zero attached hydrogens (tertiary/aromatic N) is 1. The van der Waals surface area contributed by atoms with E-state index in [1.165, 1.54) is 23.2 Å². The van der Waals surface area contributed by atoms with E-state index in [0.29, 0.717) is 0 Å². The van der Waals surface area contributed by atoms with Crippen LogP contribution in [0.25, 0.3) is 5.70 Å². The molecule has 0 unspecified atom stereocenters. The first-order valence-electron chi connectivity index (χ1n) is 4.85. The van der Waals surface area contributed by atoms with Gasteiger partial charge in [-0.15, -0.1) is 0 Å². The first kappa shape index (κ1) is 8.36. The van der Waals surface area contributed by atoms with Gasteiger partial charge >= 0.3 is 0 Å². The molecule has 0 N–H and O–H groups in total. The molecule has 1 aliphatic heterocycles. The smallest absolute Gasteiger partial charge is 0.0436 e. The molecule has 1 aliphatic rings. The number of rotatable bonds is 2. The lowest BCUT2D eigenvalue weighted by molar-refractivity contribution is 0.410. The van der Waals surface area contributed by atoms with E-state index in [2.05, 4.69) is 42.7 Å². The summed E-state index contributed by atoms with van der Waals surface area (Å²) >= 11 is 0. The van der Waals surface area contributed by atoms with Crippen molar-refractivity contribution in [3.8, 4) is 0 Å². The molecular weight excluding hydrogens is 158 g/mol. The number of hydrogen-bond acceptors (Lipinski definition) is 1. The van der Waals surface area contributed by atoms with E-state index in [1.54, 1.807) is 0 Å². The fraction of sp³-hybridized carbons (Fsp3) is 0.333. The third-order valence-corrected chi connectivity index (χ3v) is 2.56. The van der Waals surface area contributed by atoms with Gasteiger partial charge in [-0.05, 0) is 12.0 Å². The minimum atomic E-state index is 1.04. The minimum absolute atomic E-state index is 1.04. The van der Waals surface area contributed by atoms with Crippen LogP contribution in [-0.4, -0.2) is 11.4 Å². The summed E-state index contributed by atoms with van der Waals surface area (Å²) in [5, 5.41) is 0.